The molecule has 0 bridgehead atoms. The molecule has 0 radical (unpaired) electrons. The number of ether oxygens (including phenoxy) is 1. The molecule has 0 aromatic rings. The highest BCUT2D eigenvalue weighted by Gasteiger charge is 2.44. The Bertz CT molecular complexity index is 296. The highest BCUT2D eigenvalue weighted by atomic mass is 16.5. The number of nitrogens with two attached hydrogens (primary N) is 1. The van der Waals surface area contributed by atoms with Gasteiger partial charge in [-0.15, -0.1) is 0 Å². The molecule has 1 fully saturated rings. The van der Waals surface area contributed by atoms with Crippen LogP contribution in [-0.2, 0) is 9.53 Å². The molecule has 3 N–H and O–H groups in total. The summed E-state index contributed by atoms with van der Waals surface area (Å²) in [4.78, 5) is 11.7. The second-order valence-corrected chi connectivity index (χ2v) is 6.14. The summed E-state index contributed by atoms with van der Waals surface area (Å²) in [6.07, 6.45) is 9.09. The normalized spacial score (nSPS) is 27.6. The van der Waals surface area contributed by atoms with Gasteiger partial charge in [-0.25, -0.2) is 0 Å². The third-order valence-corrected chi connectivity index (χ3v) is 4.35. The van der Waals surface area contributed by atoms with Crippen LogP contribution in [0.4, 0.5) is 0 Å². The van der Waals surface area contributed by atoms with Gasteiger partial charge in [-0.2, -0.15) is 0 Å². The van der Waals surface area contributed by atoms with Gasteiger partial charge >= 0.3 is 0 Å². The van der Waals surface area contributed by atoms with Crippen LogP contribution in [0.15, 0.2) is 0 Å². The Kier molecular flexibility index (Phi) is 7.52. The fourth-order valence-corrected chi connectivity index (χ4v) is 3.18. The van der Waals surface area contributed by atoms with Crippen molar-refractivity contribution in [3.8, 4) is 0 Å². The fourth-order valence-electron chi connectivity index (χ4n) is 3.18. The number of hydrogen-bond acceptors (Lipinski definition) is 3. The number of carbonyl (C=O) groups is 1. The van der Waals surface area contributed by atoms with Crippen molar-refractivity contribution < 1.29 is 9.53 Å². The van der Waals surface area contributed by atoms with Gasteiger partial charge in [0.25, 0.3) is 0 Å². The molecule has 0 heterocycles. The first-order chi connectivity index (χ1) is 9.54. The van der Waals surface area contributed by atoms with Gasteiger partial charge in [0.15, 0.2) is 0 Å². The summed E-state index contributed by atoms with van der Waals surface area (Å²) in [7, 11) is 0. The minimum absolute atomic E-state index is 0.169. The van der Waals surface area contributed by atoms with Gasteiger partial charge in [0.1, 0.15) is 5.54 Å². The van der Waals surface area contributed by atoms with E-state index in [1.54, 1.807) is 0 Å². The smallest absolute Gasteiger partial charge is 0.237 e. The van der Waals surface area contributed by atoms with Crippen molar-refractivity contribution in [1.82, 2.24) is 5.32 Å². The molecule has 3 atom stereocenters. The number of amides is 1. The van der Waals surface area contributed by atoms with Gasteiger partial charge < -0.3 is 15.8 Å². The summed E-state index contributed by atoms with van der Waals surface area (Å²) in [5.41, 5.74) is 5.03. The molecule has 0 aromatic carbocycles. The van der Waals surface area contributed by atoms with E-state index >= 15 is 0 Å². The first kappa shape index (κ1) is 17.4. The Hall–Kier alpha value is -0.610. The van der Waals surface area contributed by atoms with Gasteiger partial charge in [0, 0.05) is 6.42 Å². The van der Waals surface area contributed by atoms with Crippen LogP contribution in [0.3, 0.4) is 0 Å². The van der Waals surface area contributed by atoms with E-state index in [-0.39, 0.29) is 18.1 Å². The van der Waals surface area contributed by atoms with Crippen LogP contribution in [0.2, 0.25) is 0 Å². The van der Waals surface area contributed by atoms with Crippen molar-refractivity contribution >= 4 is 5.91 Å². The highest BCUT2D eigenvalue weighted by Crippen LogP contribution is 2.32. The van der Waals surface area contributed by atoms with Crippen molar-refractivity contribution in [3.63, 3.8) is 0 Å². The number of hydrogen-bond donors (Lipinski definition) is 2. The quantitative estimate of drug-likeness (QED) is 0.606. The maximum atomic E-state index is 11.7. The van der Waals surface area contributed by atoms with E-state index in [0.29, 0.717) is 0 Å². The highest BCUT2D eigenvalue weighted by molar-refractivity contribution is 5.85. The zero-order valence-electron chi connectivity index (χ0n) is 13.4. The van der Waals surface area contributed by atoms with Crippen LogP contribution in [0.25, 0.3) is 0 Å². The lowest BCUT2D eigenvalue weighted by Gasteiger charge is -2.27. The monoisotopic (exact) mass is 284 g/mol. The first-order valence-corrected chi connectivity index (χ1v) is 8.24. The van der Waals surface area contributed by atoms with E-state index in [2.05, 4.69) is 19.2 Å². The molecule has 1 saturated carbocycles. The topological polar surface area (TPSA) is 64.3 Å². The Morgan fingerprint density at radius 1 is 1.40 bits per heavy atom. The number of likely N-dealkylation sites (N-methyl/N-ethyl adjacent to an activating group) is 1. The summed E-state index contributed by atoms with van der Waals surface area (Å²) in [5.74, 6) is -0.235. The molecule has 3 unspecified atom stereocenters. The average Bonchev–Trinajstić information content (AvgIpc) is 2.80. The summed E-state index contributed by atoms with van der Waals surface area (Å²) in [5, 5.41) is 3.27. The lowest BCUT2D eigenvalue weighted by molar-refractivity contribution is -0.124. The molecular weight excluding hydrogens is 252 g/mol. The Morgan fingerprint density at radius 2 is 2.15 bits per heavy atom. The molecule has 0 aromatic heterocycles. The Morgan fingerprint density at radius 3 is 2.75 bits per heavy atom. The third-order valence-electron chi connectivity index (χ3n) is 4.35. The number of nitrogens with one attached hydrogen (secondary N) is 1. The van der Waals surface area contributed by atoms with Crippen molar-refractivity contribution in [2.45, 2.75) is 89.9 Å². The van der Waals surface area contributed by atoms with Crippen LogP contribution in [0, 0.1) is 0 Å². The van der Waals surface area contributed by atoms with E-state index in [0.717, 1.165) is 32.2 Å². The van der Waals surface area contributed by atoms with Crippen molar-refractivity contribution in [3.05, 3.63) is 0 Å². The largest absolute Gasteiger partial charge is 0.375 e. The number of unbranched alkanes of at least 4 members (excludes halogenated alkanes) is 3. The Balaban J connectivity index is 2.34. The van der Waals surface area contributed by atoms with E-state index in [1.165, 1.54) is 25.7 Å². The van der Waals surface area contributed by atoms with Crippen LogP contribution in [0.5, 0.6) is 0 Å². The second kappa shape index (κ2) is 8.63. The zero-order valence-corrected chi connectivity index (χ0v) is 13.4. The molecular formula is C16H32N2O2. The lowest BCUT2D eigenvalue weighted by atomic mass is 9.96. The number of carbonyl (C=O) groups excluding carboxylic acids is 1. The predicted molar refractivity (Wildman–Crippen MR) is 82.5 cm³/mol. The number of rotatable bonds is 10. The first-order valence-electron chi connectivity index (χ1n) is 8.24. The SMILES string of the molecule is CCCCCCC(C)OC1CCC(NCC)(C(N)=O)C1. The molecule has 118 valence electrons. The standard InChI is InChI=1S/C16H32N2O2/c1-4-6-7-8-9-13(3)20-14-10-11-16(12-14,15(17)19)18-5-2/h13-14,18H,4-12H2,1-3H3,(H2,17,19). The maximum Gasteiger partial charge on any atom is 0.237 e. The summed E-state index contributed by atoms with van der Waals surface area (Å²) in [6.45, 7) is 7.14. The molecule has 1 amide bonds. The lowest BCUT2D eigenvalue weighted by Crippen LogP contribution is -2.54. The van der Waals surface area contributed by atoms with Crippen LogP contribution in [0.1, 0.15) is 72.1 Å². The van der Waals surface area contributed by atoms with Gasteiger partial charge in [0.2, 0.25) is 5.91 Å². The van der Waals surface area contributed by atoms with E-state index in [9.17, 15) is 4.79 Å². The van der Waals surface area contributed by atoms with Crippen LogP contribution >= 0.6 is 0 Å². The molecule has 20 heavy (non-hydrogen) atoms. The van der Waals surface area contributed by atoms with Crippen molar-refractivity contribution in [2.75, 3.05) is 6.54 Å². The molecule has 0 saturated heterocycles. The summed E-state index contributed by atoms with van der Waals surface area (Å²) >= 11 is 0. The fraction of sp³-hybridized carbons (Fsp3) is 0.938. The van der Waals surface area contributed by atoms with Crippen molar-refractivity contribution in [2.24, 2.45) is 5.73 Å². The molecule has 1 aliphatic rings. The number of primary amides is 1. The van der Waals surface area contributed by atoms with Crippen LogP contribution in [-0.4, -0.2) is 30.2 Å². The second-order valence-electron chi connectivity index (χ2n) is 6.14. The summed E-state index contributed by atoms with van der Waals surface area (Å²) in [6, 6.07) is 0. The van der Waals surface area contributed by atoms with Gasteiger partial charge in [-0.3, -0.25) is 4.79 Å². The Labute approximate surface area is 123 Å². The van der Waals surface area contributed by atoms with Crippen LogP contribution < -0.4 is 11.1 Å². The average molecular weight is 284 g/mol. The zero-order chi connectivity index (χ0) is 15.0. The molecule has 0 spiro atoms. The minimum Gasteiger partial charge on any atom is -0.375 e. The van der Waals surface area contributed by atoms with E-state index in [4.69, 9.17) is 10.5 Å². The molecule has 4 nitrogen and oxygen atoms in total. The molecule has 1 aliphatic carbocycles. The summed E-state index contributed by atoms with van der Waals surface area (Å²) < 4.78 is 6.10. The third kappa shape index (κ3) is 5.06. The minimum atomic E-state index is -0.540. The molecule has 0 aliphatic heterocycles. The van der Waals surface area contributed by atoms with E-state index in [1.807, 2.05) is 6.92 Å². The molecule has 4 heteroatoms. The molecule has 1 rings (SSSR count). The van der Waals surface area contributed by atoms with Gasteiger partial charge in [0.05, 0.1) is 12.2 Å². The van der Waals surface area contributed by atoms with Crippen molar-refractivity contribution in [1.29, 1.82) is 0 Å². The van der Waals surface area contributed by atoms with Gasteiger partial charge in [-0.05, 0) is 32.7 Å². The van der Waals surface area contributed by atoms with E-state index < -0.39 is 5.54 Å². The van der Waals surface area contributed by atoms with Gasteiger partial charge in [-0.1, -0.05) is 39.5 Å². The maximum absolute atomic E-state index is 11.7. The predicted octanol–water partition coefficient (Wildman–Crippen LogP) is 2.75.